The van der Waals surface area contributed by atoms with Crippen LogP contribution in [0, 0.1) is 5.92 Å². The van der Waals surface area contributed by atoms with Crippen molar-refractivity contribution in [1.82, 2.24) is 4.90 Å². The van der Waals surface area contributed by atoms with Crippen molar-refractivity contribution in [3.8, 4) is 0 Å². The molecule has 1 aromatic heterocycles. The first-order valence-electron chi connectivity index (χ1n) is 11.1. The molecule has 1 saturated heterocycles. The Morgan fingerprint density at radius 3 is 2.80 bits per heavy atom. The van der Waals surface area contributed by atoms with E-state index in [9.17, 15) is 9.59 Å². The van der Waals surface area contributed by atoms with Gasteiger partial charge in [-0.2, -0.15) is 0 Å². The third-order valence-electron chi connectivity index (χ3n) is 6.44. The Bertz CT molecular complexity index is 949. The fourth-order valence-electron chi connectivity index (χ4n) is 4.41. The Kier molecular flexibility index (Phi) is 5.11. The van der Waals surface area contributed by atoms with Gasteiger partial charge in [-0.1, -0.05) is 13.0 Å². The van der Waals surface area contributed by atoms with Gasteiger partial charge in [-0.05, 0) is 61.9 Å². The normalized spacial score (nSPS) is 23.3. The van der Waals surface area contributed by atoms with Crippen LogP contribution in [-0.4, -0.2) is 35.8 Å². The molecule has 2 atom stereocenters. The summed E-state index contributed by atoms with van der Waals surface area (Å²) >= 11 is 0. The van der Waals surface area contributed by atoms with Crippen molar-refractivity contribution in [2.24, 2.45) is 5.92 Å². The zero-order valence-corrected chi connectivity index (χ0v) is 17.5. The maximum atomic E-state index is 12.7. The molecule has 2 saturated carbocycles. The standard InChI is InChI=1S/C24H29N3O3/c1-16-12-21(16)22-10-9-20(30-22)14-26(18-7-8-18)15-23(28)25-17-4-2-5-19(13-17)27-11-3-6-24(27)29/h2,4-5,9-10,13,16,18,21H,3,6-8,11-12,14-15H2,1H3,(H,25,28). The van der Waals surface area contributed by atoms with E-state index in [1.54, 1.807) is 4.90 Å². The molecule has 6 nitrogen and oxygen atoms in total. The molecular formula is C24H29N3O3. The minimum absolute atomic E-state index is 0.0330. The summed E-state index contributed by atoms with van der Waals surface area (Å²) in [7, 11) is 0. The maximum Gasteiger partial charge on any atom is 0.238 e. The number of carbonyl (C=O) groups excluding carboxylic acids is 2. The average Bonchev–Trinajstić information content (AvgIpc) is 3.61. The molecule has 0 bridgehead atoms. The highest BCUT2D eigenvalue weighted by Gasteiger charge is 2.37. The number of carbonyl (C=O) groups is 2. The van der Waals surface area contributed by atoms with Crippen LogP contribution in [0.5, 0.6) is 0 Å². The van der Waals surface area contributed by atoms with Gasteiger partial charge in [0.2, 0.25) is 11.8 Å². The van der Waals surface area contributed by atoms with E-state index in [1.165, 1.54) is 6.42 Å². The number of hydrogen-bond acceptors (Lipinski definition) is 4. The van der Waals surface area contributed by atoms with Crippen LogP contribution < -0.4 is 10.2 Å². The molecule has 158 valence electrons. The number of nitrogens with one attached hydrogen (secondary N) is 1. The van der Waals surface area contributed by atoms with Crippen LogP contribution in [0.3, 0.4) is 0 Å². The first-order valence-corrected chi connectivity index (χ1v) is 11.1. The summed E-state index contributed by atoms with van der Waals surface area (Å²) in [6.07, 6.45) is 4.96. The molecule has 0 radical (unpaired) electrons. The van der Waals surface area contributed by atoms with Crippen molar-refractivity contribution in [2.75, 3.05) is 23.3 Å². The van der Waals surface area contributed by atoms with Crippen molar-refractivity contribution in [3.05, 3.63) is 47.9 Å². The lowest BCUT2D eigenvalue weighted by molar-refractivity contribution is -0.118. The highest BCUT2D eigenvalue weighted by atomic mass is 16.3. The van der Waals surface area contributed by atoms with Crippen LogP contribution >= 0.6 is 0 Å². The molecule has 1 aromatic carbocycles. The molecule has 2 amide bonds. The molecular weight excluding hydrogens is 378 g/mol. The third-order valence-corrected chi connectivity index (χ3v) is 6.44. The van der Waals surface area contributed by atoms with E-state index in [0.717, 1.165) is 54.6 Å². The van der Waals surface area contributed by atoms with Crippen LogP contribution in [0.4, 0.5) is 11.4 Å². The SMILES string of the molecule is CC1CC1c1ccc(CN(CC(=O)Nc2cccc(N3CCCC3=O)c2)C2CC2)o1. The van der Waals surface area contributed by atoms with Crippen LogP contribution in [0.2, 0.25) is 0 Å². The summed E-state index contributed by atoms with van der Waals surface area (Å²) in [5.74, 6) is 3.45. The van der Waals surface area contributed by atoms with Gasteiger partial charge in [0.15, 0.2) is 0 Å². The Balaban J connectivity index is 1.20. The van der Waals surface area contributed by atoms with Crippen LogP contribution in [0.15, 0.2) is 40.8 Å². The Morgan fingerprint density at radius 2 is 2.10 bits per heavy atom. The van der Waals surface area contributed by atoms with Gasteiger partial charge in [0, 0.05) is 36.3 Å². The predicted octanol–water partition coefficient (Wildman–Crippen LogP) is 4.13. The number of rotatable bonds is 8. The summed E-state index contributed by atoms with van der Waals surface area (Å²) in [5.41, 5.74) is 1.59. The molecule has 1 N–H and O–H groups in total. The number of furan rings is 1. The molecule has 3 fully saturated rings. The highest BCUT2D eigenvalue weighted by molar-refractivity contribution is 5.97. The molecule has 2 aromatic rings. The molecule has 6 heteroatoms. The minimum atomic E-state index is -0.0330. The van der Waals surface area contributed by atoms with Crippen molar-refractivity contribution < 1.29 is 14.0 Å². The molecule has 1 aliphatic heterocycles. The number of amides is 2. The van der Waals surface area contributed by atoms with Gasteiger partial charge in [0.25, 0.3) is 0 Å². The van der Waals surface area contributed by atoms with E-state index in [2.05, 4.69) is 29.3 Å². The second-order valence-corrected chi connectivity index (χ2v) is 9.01. The number of benzene rings is 1. The lowest BCUT2D eigenvalue weighted by Crippen LogP contribution is -2.34. The number of nitrogens with zero attached hydrogens (tertiary/aromatic N) is 2. The fraction of sp³-hybridized carbons (Fsp3) is 0.500. The van der Waals surface area contributed by atoms with E-state index >= 15 is 0 Å². The molecule has 0 spiro atoms. The zero-order chi connectivity index (χ0) is 20.7. The van der Waals surface area contributed by atoms with Gasteiger partial charge in [0.1, 0.15) is 11.5 Å². The van der Waals surface area contributed by atoms with Crippen molar-refractivity contribution in [3.63, 3.8) is 0 Å². The smallest absolute Gasteiger partial charge is 0.238 e. The first kappa shape index (κ1) is 19.4. The highest BCUT2D eigenvalue weighted by Crippen LogP contribution is 2.47. The van der Waals surface area contributed by atoms with Crippen LogP contribution in [0.25, 0.3) is 0 Å². The summed E-state index contributed by atoms with van der Waals surface area (Å²) in [6.45, 7) is 4.01. The second-order valence-electron chi connectivity index (χ2n) is 9.01. The van der Waals surface area contributed by atoms with Crippen molar-refractivity contribution >= 4 is 23.2 Å². The summed E-state index contributed by atoms with van der Waals surface area (Å²) in [6, 6.07) is 12.2. The number of anilines is 2. The summed E-state index contributed by atoms with van der Waals surface area (Å²) in [4.78, 5) is 28.7. The largest absolute Gasteiger partial charge is 0.464 e. The van der Waals surface area contributed by atoms with Gasteiger partial charge < -0.3 is 14.6 Å². The van der Waals surface area contributed by atoms with Crippen molar-refractivity contribution in [2.45, 2.75) is 57.5 Å². The maximum absolute atomic E-state index is 12.7. The molecule has 2 unspecified atom stereocenters. The monoisotopic (exact) mass is 407 g/mol. The van der Waals surface area contributed by atoms with E-state index in [1.807, 2.05) is 24.3 Å². The summed E-state index contributed by atoms with van der Waals surface area (Å²) in [5, 5.41) is 3.01. The van der Waals surface area contributed by atoms with Gasteiger partial charge in [-0.15, -0.1) is 0 Å². The van der Waals surface area contributed by atoms with Crippen LogP contribution in [0.1, 0.15) is 56.5 Å². The lowest BCUT2D eigenvalue weighted by atomic mass is 10.2. The van der Waals surface area contributed by atoms with Gasteiger partial charge in [-0.25, -0.2) is 0 Å². The Labute approximate surface area is 177 Å². The Hall–Kier alpha value is -2.60. The lowest BCUT2D eigenvalue weighted by Gasteiger charge is -2.21. The third kappa shape index (κ3) is 4.29. The molecule has 2 heterocycles. The van der Waals surface area contributed by atoms with E-state index in [0.29, 0.717) is 31.5 Å². The number of hydrogen-bond donors (Lipinski definition) is 1. The fourth-order valence-corrected chi connectivity index (χ4v) is 4.41. The average molecular weight is 408 g/mol. The van der Waals surface area contributed by atoms with E-state index in [-0.39, 0.29) is 11.8 Å². The van der Waals surface area contributed by atoms with Gasteiger partial charge in [-0.3, -0.25) is 14.5 Å². The Morgan fingerprint density at radius 1 is 1.27 bits per heavy atom. The first-order chi connectivity index (χ1) is 14.6. The predicted molar refractivity (Wildman–Crippen MR) is 115 cm³/mol. The molecule has 2 aliphatic carbocycles. The summed E-state index contributed by atoms with van der Waals surface area (Å²) < 4.78 is 6.06. The molecule has 30 heavy (non-hydrogen) atoms. The quantitative estimate of drug-likeness (QED) is 0.714. The van der Waals surface area contributed by atoms with E-state index in [4.69, 9.17) is 4.42 Å². The molecule has 3 aliphatic rings. The second kappa shape index (κ2) is 7.91. The minimum Gasteiger partial charge on any atom is -0.464 e. The molecule has 5 rings (SSSR count). The van der Waals surface area contributed by atoms with E-state index < -0.39 is 0 Å². The zero-order valence-electron chi connectivity index (χ0n) is 17.5. The van der Waals surface area contributed by atoms with Gasteiger partial charge >= 0.3 is 0 Å². The van der Waals surface area contributed by atoms with Crippen molar-refractivity contribution in [1.29, 1.82) is 0 Å². The van der Waals surface area contributed by atoms with Gasteiger partial charge in [0.05, 0.1) is 13.1 Å². The topological polar surface area (TPSA) is 65.8 Å². The van der Waals surface area contributed by atoms with Crippen LogP contribution in [-0.2, 0) is 16.1 Å².